The summed E-state index contributed by atoms with van der Waals surface area (Å²) in [6.45, 7) is 0. The van der Waals surface area contributed by atoms with Crippen LogP contribution in [-0.2, 0) is 26.8 Å². The van der Waals surface area contributed by atoms with Crippen molar-refractivity contribution < 1.29 is 27.3 Å². The van der Waals surface area contributed by atoms with Crippen molar-refractivity contribution in [3.05, 3.63) is 106 Å². The fourth-order valence-electron chi connectivity index (χ4n) is 4.09. The Kier molecular flexibility index (Phi) is 8.47. The van der Waals surface area contributed by atoms with Crippen LogP contribution < -0.4 is 11.1 Å². The van der Waals surface area contributed by atoms with Crippen molar-refractivity contribution in [2.45, 2.75) is 30.7 Å². The molecule has 0 bridgehead atoms. The molecule has 0 aliphatic carbocycles. The van der Waals surface area contributed by atoms with Crippen molar-refractivity contribution in [1.82, 2.24) is 10.3 Å². The molecule has 1 amide bonds. The Bertz CT molecular complexity index is 1570. The molecule has 4 aromatic rings. The molecule has 0 saturated heterocycles. The van der Waals surface area contributed by atoms with Crippen molar-refractivity contribution in [3.63, 3.8) is 0 Å². The maximum Gasteiger partial charge on any atom is 0.273 e. The molecule has 0 unspecified atom stereocenters. The normalized spacial score (nSPS) is 13.1. The number of Topliss-reactive ketones (excluding diaryl/α,β-unsaturated/α-hetero) is 1. The summed E-state index contributed by atoms with van der Waals surface area (Å²) < 4.78 is 31.1. The van der Waals surface area contributed by atoms with Gasteiger partial charge in [-0.3, -0.25) is 19.7 Å². The second-order valence-corrected chi connectivity index (χ2v) is 11.1. The topological polar surface area (TPSA) is 176 Å². The van der Waals surface area contributed by atoms with Gasteiger partial charge in [-0.05, 0) is 30.5 Å². The van der Waals surface area contributed by atoms with Crippen LogP contribution in [0.4, 0.5) is 5.69 Å². The minimum Gasteiger partial charge on any atom is -0.434 e. The molecule has 39 heavy (non-hydrogen) atoms. The van der Waals surface area contributed by atoms with E-state index in [-0.39, 0.29) is 23.6 Å². The third kappa shape index (κ3) is 7.12. The van der Waals surface area contributed by atoms with Crippen LogP contribution in [-0.4, -0.2) is 47.9 Å². The lowest BCUT2D eigenvalue weighted by Crippen LogP contribution is -2.51. The summed E-state index contributed by atoms with van der Waals surface area (Å²) >= 11 is 0. The lowest BCUT2D eigenvalue weighted by Gasteiger charge is -2.19. The molecule has 4 rings (SSSR count). The van der Waals surface area contributed by atoms with Gasteiger partial charge >= 0.3 is 0 Å². The number of para-hydroxylation sites is 3. The largest absolute Gasteiger partial charge is 0.434 e. The van der Waals surface area contributed by atoms with Crippen molar-refractivity contribution in [1.29, 1.82) is 0 Å². The minimum absolute atomic E-state index is 0.0121. The number of oxazole rings is 1. The SMILES string of the molecule is N[C@@H](CS(=O)(=O)Cc1ccccc1[N+](=O)[O-])C(=O)N[C@@H](CCc1ccccc1)C(=O)c1nc2ccccc2o1. The third-order valence-electron chi connectivity index (χ3n) is 6.04. The smallest absolute Gasteiger partial charge is 0.273 e. The van der Waals surface area contributed by atoms with Gasteiger partial charge < -0.3 is 15.5 Å². The molecule has 2 atom stereocenters. The van der Waals surface area contributed by atoms with E-state index in [2.05, 4.69) is 10.3 Å². The maximum atomic E-state index is 13.3. The highest BCUT2D eigenvalue weighted by molar-refractivity contribution is 7.90. The molecule has 1 aromatic heterocycles. The van der Waals surface area contributed by atoms with Gasteiger partial charge in [0.15, 0.2) is 15.4 Å². The summed E-state index contributed by atoms with van der Waals surface area (Å²) in [7, 11) is -4.02. The number of nitrogens with zero attached hydrogens (tertiary/aromatic N) is 2. The summed E-state index contributed by atoms with van der Waals surface area (Å²) in [5, 5.41) is 13.8. The van der Waals surface area contributed by atoms with Gasteiger partial charge in [0, 0.05) is 11.6 Å². The molecule has 0 radical (unpaired) electrons. The quantitative estimate of drug-likeness (QED) is 0.153. The first-order chi connectivity index (χ1) is 18.6. The van der Waals surface area contributed by atoms with E-state index in [9.17, 15) is 28.1 Å². The number of carbonyl (C=O) groups excluding carboxylic acids is 2. The lowest BCUT2D eigenvalue weighted by atomic mass is 10.0. The van der Waals surface area contributed by atoms with E-state index in [1.807, 2.05) is 30.3 Å². The van der Waals surface area contributed by atoms with Gasteiger partial charge in [0.1, 0.15) is 5.52 Å². The number of aromatic nitrogens is 1. The molecular weight excluding hydrogens is 524 g/mol. The van der Waals surface area contributed by atoms with Gasteiger partial charge in [0.2, 0.25) is 11.7 Å². The molecule has 202 valence electrons. The first-order valence-electron chi connectivity index (χ1n) is 12.1. The summed E-state index contributed by atoms with van der Waals surface area (Å²) in [4.78, 5) is 41.1. The summed E-state index contributed by atoms with van der Waals surface area (Å²) in [6, 6.07) is 19.0. The highest BCUT2D eigenvalue weighted by atomic mass is 32.2. The number of amides is 1. The van der Waals surface area contributed by atoms with Crippen LogP contribution in [0.15, 0.2) is 83.3 Å². The average molecular weight is 551 g/mol. The minimum atomic E-state index is -4.02. The Morgan fingerprint density at radius 2 is 1.67 bits per heavy atom. The van der Waals surface area contributed by atoms with Crippen molar-refractivity contribution in [3.8, 4) is 0 Å². The number of fused-ring (bicyclic) bond motifs is 1. The third-order valence-corrected chi connectivity index (χ3v) is 7.65. The highest BCUT2D eigenvalue weighted by Crippen LogP contribution is 2.21. The number of benzene rings is 3. The number of hydrogen-bond donors (Lipinski definition) is 2. The summed E-state index contributed by atoms with van der Waals surface area (Å²) in [6.07, 6.45) is 0.617. The van der Waals surface area contributed by atoms with Gasteiger partial charge in [0.25, 0.3) is 11.6 Å². The number of nitrogens with one attached hydrogen (secondary N) is 1. The van der Waals surface area contributed by atoms with Crippen LogP contribution in [0.2, 0.25) is 0 Å². The van der Waals surface area contributed by atoms with Gasteiger partial charge in [-0.1, -0.05) is 60.7 Å². The van der Waals surface area contributed by atoms with Crippen LogP contribution >= 0.6 is 0 Å². The summed E-state index contributed by atoms with van der Waals surface area (Å²) in [5.41, 5.74) is 7.40. The summed E-state index contributed by atoms with van der Waals surface area (Å²) in [5.74, 6) is -3.06. The van der Waals surface area contributed by atoms with Gasteiger partial charge in [-0.25, -0.2) is 13.4 Å². The van der Waals surface area contributed by atoms with Crippen molar-refractivity contribution in [2.24, 2.45) is 5.73 Å². The van der Waals surface area contributed by atoms with Gasteiger partial charge in [0.05, 0.1) is 28.5 Å². The Balaban J connectivity index is 1.49. The molecule has 0 spiro atoms. The lowest BCUT2D eigenvalue weighted by molar-refractivity contribution is -0.385. The zero-order valence-electron chi connectivity index (χ0n) is 20.7. The van der Waals surface area contributed by atoms with E-state index in [1.54, 1.807) is 24.3 Å². The van der Waals surface area contributed by atoms with Crippen LogP contribution in [0.1, 0.15) is 28.2 Å². The molecule has 3 aromatic carbocycles. The molecule has 0 saturated carbocycles. The molecule has 0 fully saturated rings. The number of ketones is 1. The highest BCUT2D eigenvalue weighted by Gasteiger charge is 2.30. The van der Waals surface area contributed by atoms with E-state index in [0.29, 0.717) is 17.5 Å². The molecular formula is C27H26N4O7S. The second-order valence-electron chi connectivity index (χ2n) is 8.98. The number of rotatable bonds is 12. The molecule has 11 nitrogen and oxygen atoms in total. The number of nitro benzene ring substituents is 1. The molecule has 3 N–H and O–H groups in total. The first-order valence-corrected chi connectivity index (χ1v) is 13.9. The zero-order chi connectivity index (χ0) is 28.0. The van der Waals surface area contributed by atoms with E-state index in [4.69, 9.17) is 10.2 Å². The predicted molar refractivity (Wildman–Crippen MR) is 144 cm³/mol. The van der Waals surface area contributed by atoms with Gasteiger partial charge in [-0.15, -0.1) is 0 Å². The number of carbonyl (C=O) groups is 2. The van der Waals surface area contributed by atoms with Crippen LogP contribution in [0.3, 0.4) is 0 Å². The van der Waals surface area contributed by atoms with Crippen molar-refractivity contribution in [2.75, 3.05) is 5.75 Å². The van der Waals surface area contributed by atoms with Crippen LogP contribution in [0.5, 0.6) is 0 Å². The van der Waals surface area contributed by atoms with E-state index in [0.717, 1.165) is 5.56 Å². The number of sulfone groups is 1. The molecule has 0 aliphatic rings. The standard InChI is InChI=1S/C27H26N4O7S/c28-20(17-39(36,37)16-19-10-4-6-12-23(19)31(34)35)26(33)29-22(15-14-18-8-2-1-3-9-18)25(32)27-30-21-11-5-7-13-24(21)38-27/h1-13,20,22H,14-17,28H2,(H,29,33)/t20-,22-/m0/s1. The molecule has 0 aliphatic heterocycles. The Morgan fingerprint density at radius 3 is 2.38 bits per heavy atom. The van der Waals surface area contributed by atoms with E-state index >= 15 is 0 Å². The number of nitrogens with two attached hydrogens (primary N) is 1. The van der Waals surface area contributed by atoms with E-state index in [1.165, 1.54) is 24.3 Å². The average Bonchev–Trinajstić information content (AvgIpc) is 3.35. The fourth-order valence-corrected chi connectivity index (χ4v) is 5.62. The number of hydrogen-bond acceptors (Lipinski definition) is 9. The molecule has 1 heterocycles. The first kappa shape index (κ1) is 27.6. The van der Waals surface area contributed by atoms with Crippen LogP contribution in [0, 0.1) is 10.1 Å². The van der Waals surface area contributed by atoms with E-state index < -0.39 is 50.0 Å². The number of nitro groups is 1. The second kappa shape index (κ2) is 12.0. The Labute approximate surface area is 224 Å². The maximum absolute atomic E-state index is 13.3. The van der Waals surface area contributed by atoms with Gasteiger partial charge in [-0.2, -0.15) is 0 Å². The predicted octanol–water partition coefficient (Wildman–Crippen LogP) is 2.98. The fraction of sp³-hybridized carbons (Fsp3) is 0.222. The molecule has 12 heteroatoms. The number of aryl methyl sites for hydroxylation is 1. The zero-order valence-corrected chi connectivity index (χ0v) is 21.5. The monoisotopic (exact) mass is 550 g/mol. The van der Waals surface area contributed by atoms with Crippen LogP contribution in [0.25, 0.3) is 11.1 Å². The Morgan fingerprint density at radius 1 is 1.00 bits per heavy atom. The Hall–Kier alpha value is -4.42. The van der Waals surface area contributed by atoms with Crippen molar-refractivity contribution >= 4 is 38.3 Å².